The first-order chi connectivity index (χ1) is 13.4. The zero-order valence-electron chi connectivity index (χ0n) is 14.3. The van der Waals surface area contributed by atoms with Crippen LogP contribution in [0.5, 0.6) is 11.5 Å². The molecule has 0 radical (unpaired) electrons. The molecule has 5 rings (SSSR count). The van der Waals surface area contributed by atoms with Gasteiger partial charge >= 0.3 is 0 Å². The Kier molecular flexibility index (Phi) is 3.79. The molecule has 2 aromatic heterocycles. The van der Waals surface area contributed by atoms with E-state index in [0.717, 1.165) is 22.4 Å². The van der Waals surface area contributed by atoms with Crippen molar-refractivity contribution in [3.05, 3.63) is 78.9 Å². The lowest BCUT2D eigenvalue weighted by Crippen LogP contribution is -2.21. The molecule has 1 unspecified atom stereocenters. The summed E-state index contributed by atoms with van der Waals surface area (Å²) in [5, 5.41) is 4.09. The lowest BCUT2D eigenvalue weighted by molar-refractivity contribution is 0.0665. The van der Waals surface area contributed by atoms with Crippen molar-refractivity contribution in [1.29, 1.82) is 0 Å². The number of fused-ring (bicyclic) bond motifs is 1. The van der Waals surface area contributed by atoms with Gasteiger partial charge in [0, 0.05) is 18.0 Å². The summed E-state index contributed by atoms with van der Waals surface area (Å²) in [7, 11) is 0. The molecule has 0 amide bonds. The van der Waals surface area contributed by atoms with Crippen molar-refractivity contribution in [2.24, 2.45) is 0 Å². The van der Waals surface area contributed by atoms with Gasteiger partial charge in [-0.15, -0.1) is 0 Å². The minimum absolute atomic E-state index is 0.333. The predicted molar refractivity (Wildman–Crippen MR) is 98.3 cm³/mol. The van der Waals surface area contributed by atoms with Crippen molar-refractivity contribution in [3.8, 4) is 34.0 Å². The van der Waals surface area contributed by atoms with Gasteiger partial charge in [0.2, 0.25) is 11.9 Å². The van der Waals surface area contributed by atoms with Crippen LogP contribution >= 0.6 is 0 Å². The van der Waals surface area contributed by atoms with E-state index in [-0.39, 0.29) is 0 Å². The Balaban J connectivity index is 1.37. The molecule has 132 valence electrons. The highest BCUT2D eigenvalue weighted by Crippen LogP contribution is 2.35. The number of para-hydroxylation sites is 2. The van der Waals surface area contributed by atoms with E-state index in [9.17, 15) is 0 Å². The maximum atomic E-state index is 5.92. The zero-order valence-corrected chi connectivity index (χ0v) is 14.3. The van der Waals surface area contributed by atoms with Crippen LogP contribution in [0.25, 0.3) is 22.5 Å². The number of nitrogens with zero attached hydrogens (tertiary/aromatic N) is 3. The van der Waals surface area contributed by atoms with E-state index in [0.29, 0.717) is 24.1 Å². The van der Waals surface area contributed by atoms with Crippen LogP contribution in [0.2, 0.25) is 0 Å². The Morgan fingerprint density at radius 1 is 0.778 bits per heavy atom. The topological polar surface area (TPSA) is 70.3 Å². The summed E-state index contributed by atoms with van der Waals surface area (Å²) in [6.07, 6.45) is 3.13. The molecule has 1 atom stereocenters. The van der Waals surface area contributed by atoms with Crippen molar-refractivity contribution in [1.82, 2.24) is 15.1 Å². The number of pyridine rings is 1. The molecule has 6 nitrogen and oxygen atoms in total. The lowest BCUT2D eigenvalue weighted by Gasteiger charge is -2.23. The summed E-state index contributed by atoms with van der Waals surface area (Å²) >= 11 is 0. The molecule has 0 fully saturated rings. The first kappa shape index (κ1) is 15.6. The van der Waals surface area contributed by atoms with Crippen LogP contribution in [0.15, 0.2) is 77.6 Å². The molecule has 0 saturated carbocycles. The summed E-state index contributed by atoms with van der Waals surface area (Å²) in [5.41, 5.74) is 3.09. The molecule has 0 saturated heterocycles. The summed E-state index contributed by atoms with van der Waals surface area (Å²) in [6.45, 7) is 0.333. The van der Waals surface area contributed by atoms with Crippen molar-refractivity contribution in [3.63, 3.8) is 0 Å². The highest BCUT2D eigenvalue weighted by atomic mass is 16.6. The third-order valence-corrected chi connectivity index (χ3v) is 4.38. The van der Waals surface area contributed by atoms with Crippen LogP contribution in [0.3, 0.4) is 0 Å². The van der Waals surface area contributed by atoms with Crippen LogP contribution in [-0.4, -0.2) is 21.7 Å². The molecule has 0 aliphatic carbocycles. The Labute approximate surface area is 155 Å². The molecule has 1 aliphatic rings. The number of hydrogen-bond acceptors (Lipinski definition) is 6. The standard InChI is InChI=1S/C21H15N3O3/c1-2-4-18-17(3-1)25-13-19(26-18)21-23-20(24-27-21)16-7-5-14(6-8-16)15-9-11-22-12-10-15/h1-12,19H,13H2. The second-order valence-corrected chi connectivity index (χ2v) is 6.13. The first-order valence-electron chi connectivity index (χ1n) is 8.60. The van der Waals surface area contributed by atoms with E-state index in [1.54, 1.807) is 12.4 Å². The fourth-order valence-electron chi connectivity index (χ4n) is 2.98. The number of ether oxygens (including phenoxy) is 2. The van der Waals surface area contributed by atoms with Gasteiger partial charge in [0.1, 0.15) is 6.61 Å². The molecule has 1 aliphatic heterocycles. The van der Waals surface area contributed by atoms with Gasteiger partial charge in [0.05, 0.1) is 0 Å². The lowest BCUT2D eigenvalue weighted by atomic mass is 10.1. The zero-order chi connectivity index (χ0) is 18.1. The molecule has 6 heteroatoms. The number of aromatic nitrogens is 3. The monoisotopic (exact) mass is 357 g/mol. The van der Waals surface area contributed by atoms with Gasteiger partial charge in [-0.05, 0) is 35.4 Å². The minimum Gasteiger partial charge on any atom is -0.485 e. The van der Waals surface area contributed by atoms with Crippen LogP contribution < -0.4 is 9.47 Å². The van der Waals surface area contributed by atoms with Gasteiger partial charge in [-0.1, -0.05) is 41.6 Å². The fourth-order valence-corrected chi connectivity index (χ4v) is 2.98. The third kappa shape index (κ3) is 3.01. The molecule has 4 aromatic rings. The number of hydrogen-bond donors (Lipinski definition) is 0. The number of benzene rings is 2. The predicted octanol–water partition coefficient (Wildman–Crippen LogP) is 4.31. The summed E-state index contributed by atoms with van der Waals surface area (Å²) < 4.78 is 17.0. The van der Waals surface area contributed by atoms with Crippen LogP contribution in [0.1, 0.15) is 12.0 Å². The Hall–Kier alpha value is -3.67. The molecule has 0 bridgehead atoms. The van der Waals surface area contributed by atoms with Crippen molar-refractivity contribution in [2.75, 3.05) is 6.61 Å². The van der Waals surface area contributed by atoms with Gasteiger partial charge in [-0.3, -0.25) is 4.98 Å². The Bertz CT molecular complexity index is 1060. The smallest absolute Gasteiger partial charge is 0.271 e. The van der Waals surface area contributed by atoms with Crippen LogP contribution in [-0.2, 0) is 0 Å². The van der Waals surface area contributed by atoms with Gasteiger partial charge < -0.3 is 14.0 Å². The minimum atomic E-state index is -0.419. The van der Waals surface area contributed by atoms with Crippen molar-refractivity contribution in [2.45, 2.75) is 6.10 Å². The molecular formula is C21H15N3O3. The van der Waals surface area contributed by atoms with Gasteiger partial charge in [0.25, 0.3) is 5.89 Å². The first-order valence-corrected chi connectivity index (χ1v) is 8.60. The van der Waals surface area contributed by atoms with Gasteiger partial charge in [-0.25, -0.2) is 0 Å². The van der Waals surface area contributed by atoms with Crippen molar-refractivity contribution < 1.29 is 14.0 Å². The summed E-state index contributed by atoms with van der Waals surface area (Å²) in [4.78, 5) is 8.53. The third-order valence-electron chi connectivity index (χ3n) is 4.38. The Morgan fingerprint density at radius 3 is 2.30 bits per heavy atom. The van der Waals surface area contributed by atoms with E-state index in [1.165, 1.54) is 0 Å². The average Bonchev–Trinajstić information content (AvgIpc) is 3.24. The van der Waals surface area contributed by atoms with Crippen molar-refractivity contribution >= 4 is 0 Å². The highest BCUT2D eigenvalue weighted by molar-refractivity contribution is 5.67. The van der Waals surface area contributed by atoms with Crippen LogP contribution in [0.4, 0.5) is 0 Å². The fraction of sp³-hybridized carbons (Fsp3) is 0.0952. The van der Waals surface area contributed by atoms with E-state index in [2.05, 4.69) is 15.1 Å². The summed E-state index contributed by atoms with van der Waals surface area (Å²) in [6, 6.07) is 19.5. The molecule has 0 spiro atoms. The molecule has 3 heterocycles. The maximum absolute atomic E-state index is 5.92. The van der Waals surface area contributed by atoms with E-state index in [4.69, 9.17) is 14.0 Å². The van der Waals surface area contributed by atoms with E-state index < -0.39 is 6.10 Å². The quantitative estimate of drug-likeness (QED) is 0.544. The van der Waals surface area contributed by atoms with E-state index in [1.807, 2.05) is 60.7 Å². The molecule has 2 aromatic carbocycles. The van der Waals surface area contributed by atoms with E-state index >= 15 is 0 Å². The van der Waals surface area contributed by atoms with Crippen LogP contribution in [0, 0.1) is 0 Å². The largest absolute Gasteiger partial charge is 0.485 e. The Morgan fingerprint density at radius 2 is 1.48 bits per heavy atom. The molecule has 0 N–H and O–H groups in total. The molecular weight excluding hydrogens is 342 g/mol. The SMILES string of the molecule is c1ccc2c(c1)OCC(c1nc(-c3ccc(-c4ccncc4)cc3)no1)O2. The summed E-state index contributed by atoms with van der Waals surface area (Å²) in [5.74, 6) is 2.32. The normalized spacial score (nSPS) is 15.5. The second kappa shape index (κ2) is 6.57. The highest BCUT2D eigenvalue weighted by Gasteiger charge is 2.27. The maximum Gasteiger partial charge on any atom is 0.271 e. The molecule has 27 heavy (non-hydrogen) atoms. The van der Waals surface area contributed by atoms with Gasteiger partial charge in [0.15, 0.2) is 11.5 Å². The number of rotatable bonds is 3. The average molecular weight is 357 g/mol. The van der Waals surface area contributed by atoms with Gasteiger partial charge in [-0.2, -0.15) is 4.98 Å². The second-order valence-electron chi connectivity index (χ2n) is 6.13.